The van der Waals surface area contributed by atoms with Crippen molar-refractivity contribution in [2.75, 3.05) is 7.11 Å². The maximum Gasteiger partial charge on any atom is 0.265 e. The number of pyridine rings is 1. The van der Waals surface area contributed by atoms with E-state index in [1.807, 2.05) is 0 Å². The molecule has 1 heterocycles. The molecular formula is C23H32N2O5S. The number of benzene rings is 1. The summed E-state index contributed by atoms with van der Waals surface area (Å²) in [6, 6.07) is 11.1. The summed E-state index contributed by atoms with van der Waals surface area (Å²) in [5.74, 6) is -0.431. The zero-order valence-electron chi connectivity index (χ0n) is 18.2. The first-order valence-electron chi connectivity index (χ1n) is 10.6. The van der Waals surface area contributed by atoms with Gasteiger partial charge in [-0.1, -0.05) is 51.5 Å². The quantitative estimate of drug-likeness (QED) is 0.271. The molecule has 0 bridgehead atoms. The van der Waals surface area contributed by atoms with Crippen molar-refractivity contribution in [3.63, 3.8) is 0 Å². The Morgan fingerprint density at radius 3 is 2.32 bits per heavy atom. The van der Waals surface area contributed by atoms with Gasteiger partial charge in [0.25, 0.3) is 5.91 Å². The molecule has 0 radical (unpaired) electrons. The van der Waals surface area contributed by atoms with Crippen LogP contribution in [0.25, 0.3) is 0 Å². The van der Waals surface area contributed by atoms with Gasteiger partial charge in [-0.25, -0.2) is 13.9 Å². The minimum atomic E-state index is -4.16. The number of carbonyl (C=O) groups is 1. The molecule has 7 nitrogen and oxygen atoms in total. The van der Waals surface area contributed by atoms with E-state index in [2.05, 4.69) is 11.9 Å². The van der Waals surface area contributed by atoms with Gasteiger partial charge < -0.3 is 4.74 Å². The summed E-state index contributed by atoms with van der Waals surface area (Å²) in [7, 11) is -2.67. The van der Waals surface area contributed by atoms with Crippen molar-refractivity contribution >= 4 is 15.7 Å². The molecule has 2 aromatic rings. The largest absolute Gasteiger partial charge is 0.497 e. The summed E-state index contributed by atoms with van der Waals surface area (Å²) in [6.45, 7) is 2.13. The number of amides is 1. The third-order valence-electron chi connectivity index (χ3n) is 5.53. The maximum atomic E-state index is 13.8. The van der Waals surface area contributed by atoms with Crippen LogP contribution in [0.15, 0.2) is 53.6 Å². The molecule has 1 aromatic heterocycles. The average molecular weight is 449 g/mol. The number of hydrogen-bond donors (Lipinski definition) is 2. The van der Waals surface area contributed by atoms with Crippen LogP contribution in [0.4, 0.5) is 0 Å². The van der Waals surface area contributed by atoms with E-state index in [0.717, 1.165) is 32.1 Å². The lowest BCUT2D eigenvalue weighted by Crippen LogP contribution is -2.53. The number of carbonyl (C=O) groups excluding carboxylic acids is 1. The zero-order chi connectivity index (χ0) is 22.7. The summed E-state index contributed by atoms with van der Waals surface area (Å²) in [6.07, 6.45) is 7.13. The summed E-state index contributed by atoms with van der Waals surface area (Å²) in [4.78, 5) is 17.2. The number of hydroxylamine groups is 1. The van der Waals surface area contributed by atoms with Gasteiger partial charge in [0.05, 0.1) is 12.0 Å². The first-order valence-corrected chi connectivity index (χ1v) is 12.1. The van der Waals surface area contributed by atoms with E-state index >= 15 is 0 Å². The van der Waals surface area contributed by atoms with Gasteiger partial charge in [0, 0.05) is 18.3 Å². The Hall–Kier alpha value is -2.45. The number of hydrogen-bond acceptors (Lipinski definition) is 6. The monoisotopic (exact) mass is 448 g/mol. The highest BCUT2D eigenvalue weighted by Gasteiger charge is 2.51. The van der Waals surface area contributed by atoms with Crippen LogP contribution in [0, 0.1) is 0 Å². The van der Waals surface area contributed by atoms with E-state index in [1.54, 1.807) is 42.0 Å². The first-order chi connectivity index (χ1) is 14.9. The Balaban J connectivity index is 2.44. The number of unbranched alkanes of at least 4 members (excludes halogenated alkanes) is 5. The number of sulfone groups is 1. The molecular weight excluding hydrogens is 416 g/mol. The van der Waals surface area contributed by atoms with E-state index in [-0.39, 0.29) is 17.7 Å². The number of methoxy groups -OCH3 is 1. The predicted molar refractivity (Wildman–Crippen MR) is 119 cm³/mol. The van der Waals surface area contributed by atoms with E-state index in [4.69, 9.17) is 4.74 Å². The molecule has 1 atom stereocenters. The lowest BCUT2D eigenvalue weighted by Gasteiger charge is -2.31. The second-order valence-corrected chi connectivity index (χ2v) is 9.89. The Morgan fingerprint density at radius 2 is 1.74 bits per heavy atom. The topological polar surface area (TPSA) is 106 Å². The standard InChI is InChI=1S/C23H32N2O5S/c1-3-4-5-6-7-9-16-23(22(26)25-27,18-19-11-8-10-17-24-19)31(28,29)21-14-12-20(30-2)13-15-21/h8,10-15,17,27H,3-7,9,16,18H2,1-2H3,(H,25,26). The van der Waals surface area contributed by atoms with Gasteiger partial charge in [-0.2, -0.15) is 0 Å². The lowest BCUT2D eigenvalue weighted by molar-refractivity contribution is -0.132. The SMILES string of the molecule is CCCCCCCCC(Cc1ccccn1)(C(=O)NO)S(=O)(=O)c1ccc(OC)cc1. The molecule has 0 aliphatic rings. The molecule has 0 saturated heterocycles. The summed E-state index contributed by atoms with van der Waals surface area (Å²) >= 11 is 0. The highest BCUT2D eigenvalue weighted by atomic mass is 32.2. The van der Waals surface area contributed by atoms with Crippen LogP contribution in [0.2, 0.25) is 0 Å². The van der Waals surface area contributed by atoms with Crippen molar-refractivity contribution in [1.29, 1.82) is 0 Å². The fraction of sp³-hybridized carbons (Fsp3) is 0.478. The fourth-order valence-corrected chi connectivity index (χ4v) is 5.69. The van der Waals surface area contributed by atoms with Crippen LogP contribution in [0.1, 0.15) is 57.6 Å². The first kappa shape index (κ1) is 24.8. The summed E-state index contributed by atoms with van der Waals surface area (Å²) in [5.41, 5.74) is 2.08. The zero-order valence-corrected chi connectivity index (χ0v) is 19.0. The van der Waals surface area contributed by atoms with Gasteiger partial charge in [-0.3, -0.25) is 15.0 Å². The Morgan fingerprint density at radius 1 is 1.06 bits per heavy atom. The number of nitrogens with zero attached hydrogens (tertiary/aromatic N) is 1. The summed E-state index contributed by atoms with van der Waals surface area (Å²) < 4.78 is 30.8. The number of aromatic nitrogens is 1. The molecule has 1 unspecified atom stereocenters. The molecule has 0 saturated carbocycles. The van der Waals surface area contributed by atoms with Crippen molar-refractivity contribution in [3.8, 4) is 5.75 Å². The molecule has 0 aliphatic carbocycles. The molecule has 1 amide bonds. The van der Waals surface area contributed by atoms with Crippen molar-refractivity contribution < 1.29 is 23.2 Å². The number of ether oxygens (including phenoxy) is 1. The van der Waals surface area contributed by atoms with Crippen molar-refractivity contribution in [1.82, 2.24) is 10.5 Å². The number of rotatable bonds is 13. The minimum Gasteiger partial charge on any atom is -0.497 e. The number of nitrogens with one attached hydrogen (secondary N) is 1. The maximum absolute atomic E-state index is 13.8. The molecule has 170 valence electrons. The molecule has 8 heteroatoms. The van der Waals surface area contributed by atoms with Gasteiger partial charge in [-0.15, -0.1) is 0 Å². The van der Waals surface area contributed by atoms with Crippen LogP contribution >= 0.6 is 0 Å². The molecule has 2 N–H and O–H groups in total. The predicted octanol–water partition coefficient (Wildman–Crippen LogP) is 4.10. The van der Waals surface area contributed by atoms with Gasteiger partial charge in [0.1, 0.15) is 5.75 Å². The van der Waals surface area contributed by atoms with Crippen molar-refractivity contribution in [3.05, 3.63) is 54.4 Å². The second kappa shape index (κ2) is 11.8. The third kappa shape index (κ3) is 6.04. The van der Waals surface area contributed by atoms with Crippen LogP contribution < -0.4 is 10.2 Å². The van der Waals surface area contributed by atoms with Crippen LogP contribution in [-0.2, 0) is 21.1 Å². The van der Waals surface area contributed by atoms with Gasteiger partial charge in [0.2, 0.25) is 0 Å². The molecule has 0 aliphatic heterocycles. The molecule has 0 spiro atoms. The molecule has 0 fully saturated rings. The van der Waals surface area contributed by atoms with E-state index < -0.39 is 20.5 Å². The summed E-state index contributed by atoms with van der Waals surface area (Å²) in [5, 5.41) is 9.51. The highest BCUT2D eigenvalue weighted by Crippen LogP contribution is 2.35. The lowest BCUT2D eigenvalue weighted by atomic mass is 9.93. The van der Waals surface area contributed by atoms with Crippen LogP contribution in [-0.4, -0.2) is 36.4 Å². The third-order valence-corrected chi connectivity index (χ3v) is 7.98. The van der Waals surface area contributed by atoms with Gasteiger partial charge >= 0.3 is 0 Å². The van der Waals surface area contributed by atoms with E-state index in [1.165, 1.54) is 19.2 Å². The Kier molecular flexibility index (Phi) is 9.45. The second-order valence-electron chi connectivity index (χ2n) is 7.63. The molecule has 2 rings (SSSR count). The van der Waals surface area contributed by atoms with Crippen LogP contribution in [0.5, 0.6) is 5.75 Å². The minimum absolute atomic E-state index is 0.00110. The van der Waals surface area contributed by atoms with E-state index in [9.17, 15) is 18.4 Å². The van der Waals surface area contributed by atoms with Crippen LogP contribution in [0.3, 0.4) is 0 Å². The van der Waals surface area contributed by atoms with Gasteiger partial charge in [0.15, 0.2) is 14.6 Å². The normalized spacial score (nSPS) is 13.4. The molecule has 31 heavy (non-hydrogen) atoms. The fourth-order valence-electron chi connectivity index (χ4n) is 3.70. The van der Waals surface area contributed by atoms with Crippen molar-refractivity contribution in [2.24, 2.45) is 0 Å². The van der Waals surface area contributed by atoms with Crippen molar-refractivity contribution in [2.45, 2.75) is 67.9 Å². The van der Waals surface area contributed by atoms with E-state index in [0.29, 0.717) is 17.9 Å². The Labute approximate surface area is 184 Å². The van der Waals surface area contributed by atoms with Gasteiger partial charge in [-0.05, 0) is 42.8 Å². The smallest absolute Gasteiger partial charge is 0.265 e. The molecule has 1 aromatic carbocycles. The average Bonchev–Trinajstić information content (AvgIpc) is 2.80. The highest BCUT2D eigenvalue weighted by molar-refractivity contribution is 7.93. The Bertz CT molecular complexity index is 917.